The van der Waals surface area contributed by atoms with Gasteiger partial charge in [0.15, 0.2) is 0 Å². The third kappa shape index (κ3) is 4.68. The second-order valence-electron chi connectivity index (χ2n) is 4.76. The number of ether oxygens (including phenoxy) is 1. The fraction of sp³-hybridized carbons (Fsp3) is 0.600. The molecule has 0 radical (unpaired) electrons. The van der Waals surface area contributed by atoms with E-state index in [0.29, 0.717) is 19.2 Å². The lowest BCUT2D eigenvalue weighted by Crippen LogP contribution is -2.35. The maximum Gasteiger partial charge on any atom is 0.0637 e. The third-order valence-electron chi connectivity index (χ3n) is 3.44. The van der Waals surface area contributed by atoms with Crippen LogP contribution in [0.25, 0.3) is 0 Å². The van der Waals surface area contributed by atoms with Crippen molar-refractivity contribution in [2.75, 3.05) is 31.7 Å². The largest absolute Gasteiger partial charge is 0.383 e. The molecule has 1 unspecified atom stereocenters. The molecule has 1 aromatic rings. The lowest BCUT2D eigenvalue weighted by Gasteiger charge is -2.31. The number of anilines is 1. The summed E-state index contributed by atoms with van der Waals surface area (Å²) in [5.74, 6) is 0. The normalized spacial score (nSPS) is 12.5. The minimum atomic E-state index is 0.464. The van der Waals surface area contributed by atoms with Crippen LogP contribution in [-0.4, -0.2) is 32.8 Å². The van der Waals surface area contributed by atoms with Crippen molar-refractivity contribution in [3.05, 3.63) is 28.8 Å². The zero-order valence-electron chi connectivity index (χ0n) is 12.2. The van der Waals surface area contributed by atoms with Crippen molar-refractivity contribution in [1.29, 1.82) is 0 Å². The van der Waals surface area contributed by atoms with E-state index in [2.05, 4.69) is 30.9 Å². The molecular formula is C15H25ClN2O. The number of methoxy groups -OCH3 is 1. The molecule has 3 nitrogen and oxygen atoms in total. The number of halogens is 1. The average Bonchev–Trinajstić information content (AvgIpc) is 2.41. The van der Waals surface area contributed by atoms with Crippen LogP contribution in [0.5, 0.6) is 0 Å². The third-order valence-corrected chi connectivity index (χ3v) is 3.79. The van der Waals surface area contributed by atoms with Crippen molar-refractivity contribution in [2.45, 2.75) is 32.7 Å². The summed E-state index contributed by atoms with van der Waals surface area (Å²) in [5, 5.41) is 0.800. The molecule has 0 spiro atoms. The van der Waals surface area contributed by atoms with Gasteiger partial charge in [0.25, 0.3) is 0 Å². The first-order chi connectivity index (χ1) is 9.13. The van der Waals surface area contributed by atoms with E-state index in [-0.39, 0.29) is 0 Å². The Labute approximate surface area is 121 Å². The molecule has 0 aliphatic rings. The van der Waals surface area contributed by atoms with E-state index in [4.69, 9.17) is 22.1 Å². The molecule has 1 rings (SSSR count). The van der Waals surface area contributed by atoms with Crippen molar-refractivity contribution >= 4 is 17.3 Å². The van der Waals surface area contributed by atoms with Crippen LogP contribution in [0.2, 0.25) is 5.02 Å². The number of benzene rings is 1. The highest BCUT2D eigenvalue weighted by molar-refractivity contribution is 6.31. The fourth-order valence-corrected chi connectivity index (χ4v) is 2.36. The maximum atomic E-state index is 6.32. The lowest BCUT2D eigenvalue weighted by atomic mass is 10.1. The standard InChI is InChI=1S/C15H25ClN2O/c1-4-12(2)18(9-10-19-3)14-6-5-13(7-8-17)15(16)11-14/h5-6,11-12H,4,7-10,17H2,1-3H3. The van der Waals surface area contributed by atoms with Crippen molar-refractivity contribution < 1.29 is 4.74 Å². The van der Waals surface area contributed by atoms with Crippen molar-refractivity contribution in [3.8, 4) is 0 Å². The molecule has 0 saturated carbocycles. The minimum absolute atomic E-state index is 0.464. The van der Waals surface area contributed by atoms with Gasteiger partial charge in [-0.25, -0.2) is 0 Å². The molecule has 2 N–H and O–H groups in total. The zero-order valence-corrected chi connectivity index (χ0v) is 12.9. The predicted octanol–water partition coefficient (Wildman–Crippen LogP) is 3.09. The monoisotopic (exact) mass is 284 g/mol. The van der Waals surface area contributed by atoms with E-state index in [0.717, 1.165) is 35.7 Å². The molecule has 1 atom stereocenters. The number of rotatable bonds is 8. The number of hydrogen-bond acceptors (Lipinski definition) is 3. The molecule has 108 valence electrons. The maximum absolute atomic E-state index is 6.32. The summed E-state index contributed by atoms with van der Waals surface area (Å²) >= 11 is 6.32. The van der Waals surface area contributed by atoms with Gasteiger partial charge in [-0.3, -0.25) is 0 Å². The first-order valence-corrected chi connectivity index (χ1v) is 7.25. The summed E-state index contributed by atoms with van der Waals surface area (Å²) in [6.45, 7) is 6.62. The van der Waals surface area contributed by atoms with Crippen molar-refractivity contribution in [3.63, 3.8) is 0 Å². The van der Waals surface area contributed by atoms with E-state index in [1.54, 1.807) is 7.11 Å². The van der Waals surface area contributed by atoms with Crippen LogP contribution < -0.4 is 10.6 Å². The van der Waals surface area contributed by atoms with Gasteiger partial charge in [-0.2, -0.15) is 0 Å². The summed E-state index contributed by atoms with van der Waals surface area (Å²) < 4.78 is 5.19. The van der Waals surface area contributed by atoms with Crippen LogP contribution in [0.15, 0.2) is 18.2 Å². The van der Waals surface area contributed by atoms with E-state index in [9.17, 15) is 0 Å². The molecule has 0 aliphatic heterocycles. The molecule has 0 aromatic heterocycles. The van der Waals surface area contributed by atoms with E-state index < -0.39 is 0 Å². The molecule has 0 saturated heterocycles. The quantitative estimate of drug-likeness (QED) is 0.797. The van der Waals surface area contributed by atoms with Gasteiger partial charge in [0.05, 0.1) is 6.61 Å². The molecule has 0 heterocycles. The van der Waals surface area contributed by atoms with Gasteiger partial charge in [0, 0.05) is 30.4 Å². The Kier molecular flexibility index (Phi) is 7.21. The molecule has 4 heteroatoms. The Balaban J connectivity index is 2.92. The Hall–Kier alpha value is -0.770. The Morgan fingerprint density at radius 1 is 1.42 bits per heavy atom. The summed E-state index contributed by atoms with van der Waals surface area (Å²) in [6.07, 6.45) is 1.91. The highest BCUT2D eigenvalue weighted by Crippen LogP contribution is 2.26. The summed E-state index contributed by atoms with van der Waals surface area (Å²) in [6, 6.07) is 6.70. The van der Waals surface area contributed by atoms with Gasteiger partial charge in [-0.05, 0) is 44.0 Å². The first-order valence-electron chi connectivity index (χ1n) is 6.88. The zero-order chi connectivity index (χ0) is 14.3. The molecule has 0 amide bonds. The molecule has 19 heavy (non-hydrogen) atoms. The van der Waals surface area contributed by atoms with Gasteiger partial charge < -0.3 is 15.4 Å². The number of hydrogen-bond donors (Lipinski definition) is 1. The molecular weight excluding hydrogens is 260 g/mol. The van der Waals surface area contributed by atoms with Gasteiger partial charge >= 0.3 is 0 Å². The van der Waals surface area contributed by atoms with Crippen LogP contribution in [0.3, 0.4) is 0 Å². The van der Waals surface area contributed by atoms with Gasteiger partial charge in [-0.15, -0.1) is 0 Å². The molecule has 1 aromatic carbocycles. The van der Waals surface area contributed by atoms with Crippen LogP contribution >= 0.6 is 11.6 Å². The lowest BCUT2D eigenvalue weighted by molar-refractivity contribution is 0.203. The average molecular weight is 285 g/mol. The van der Waals surface area contributed by atoms with E-state index in [1.165, 1.54) is 0 Å². The minimum Gasteiger partial charge on any atom is -0.383 e. The highest BCUT2D eigenvalue weighted by atomic mass is 35.5. The van der Waals surface area contributed by atoms with Gasteiger partial charge in [0.2, 0.25) is 0 Å². The summed E-state index contributed by atoms with van der Waals surface area (Å²) in [5.41, 5.74) is 7.84. The van der Waals surface area contributed by atoms with Crippen molar-refractivity contribution in [2.24, 2.45) is 5.73 Å². The van der Waals surface area contributed by atoms with Crippen molar-refractivity contribution in [1.82, 2.24) is 0 Å². The van der Waals surface area contributed by atoms with Gasteiger partial charge in [0.1, 0.15) is 0 Å². The van der Waals surface area contributed by atoms with E-state index >= 15 is 0 Å². The fourth-order valence-electron chi connectivity index (χ4n) is 2.09. The Morgan fingerprint density at radius 2 is 2.16 bits per heavy atom. The second kappa shape index (κ2) is 8.41. The Morgan fingerprint density at radius 3 is 2.68 bits per heavy atom. The van der Waals surface area contributed by atoms with Crippen LogP contribution in [0.1, 0.15) is 25.8 Å². The first kappa shape index (κ1) is 16.3. The second-order valence-corrected chi connectivity index (χ2v) is 5.17. The van der Waals surface area contributed by atoms with Gasteiger partial charge in [-0.1, -0.05) is 24.6 Å². The predicted molar refractivity (Wildman–Crippen MR) is 83.2 cm³/mol. The molecule has 0 aliphatic carbocycles. The van der Waals surface area contributed by atoms with Crippen LogP contribution in [0, 0.1) is 0 Å². The summed E-state index contributed by atoms with van der Waals surface area (Å²) in [7, 11) is 1.73. The Bertz CT molecular complexity index is 384. The van der Waals surface area contributed by atoms with Crippen LogP contribution in [-0.2, 0) is 11.2 Å². The smallest absolute Gasteiger partial charge is 0.0637 e. The molecule has 0 fully saturated rings. The topological polar surface area (TPSA) is 38.5 Å². The van der Waals surface area contributed by atoms with E-state index in [1.807, 2.05) is 6.07 Å². The SMILES string of the molecule is CCC(C)N(CCOC)c1ccc(CCN)c(Cl)c1. The number of nitrogens with zero attached hydrogens (tertiary/aromatic N) is 1. The summed E-state index contributed by atoms with van der Waals surface area (Å²) in [4.78, 5) is 2.33. The van der Waals surface area contributed by atoms with Crippen LogP contribution in [0.4, 0.5) is 5.69 Å². The highest BCUT2D eigenvalue weighted by Gasteiger charge is 2.14. The number of nitrogens with two attached hydrogens (primary N) is 1. The molecule has 0 bridgehead atoms.